The molecule has 0 aliphatic heterocycles. The van der Waals surface area contributed by atoms with Crippen molar-refractivity contribution in [2.45, 2.75) is 45.2 Å². The molecular weight excluding hydrogens is 268 g/mol. The molecule has 112 valence electrons. The van der Waals surface area contributed by atoms with Crippen LogP contribution in [-0.4, -0.2) is 31.1 Å². The fourth-order valence-corrected chi connectivity index (χ4v) is 3.66. The van der Waals surface area contributed by atoms with Gasteiger partial charge in [-0.25, -0.2) is 0 Å². The molecule has 20 heavy (non-hydrogen) atoms. The molecule has 3 heteroatoms. The Morgan fingerprint density at radius 2 is 2.10 bits per heavy atom. The molecule has 0 bridgehead atoms. The number of hydrogen-bond donors (Lipinski definition) is 1. The van der Waals surface area contributed by atoms with Crippen molar-refractivity contribution in [3.8, 4) is 0 Å². The highest BCUT2D eigenvalue weighted by Crippen LogP contribution is 2.31. The van der Waals surface area contributed by atoms with Gasteiger partial charge in [-0.1, -0.05) is 43.1 Å². The molecule has 0 amide bonds. The van der Waals surface area contributed by atoms with Gasteiger partial charge in [-0.15, -0.1) is 0 Å². The zero-order valence-corrected chi connectivity index (χ0v) is 13.7. The molecule has 0 spiro atoms. The molecule has 1 aromatic carbocycles. The van der Waals surface area contributed by atoms with Crippen molar-refractivity contribution in [3.05, 3.63) is 34.9 Å². The molecule has 1 saturated carbocycles. The van der Waals surface area contributed by atoms with Gasteiger partial charge in [0, 0.05) is 23.7 Å². The molecule has 2 rings (SSSR count). The Morgan fingerprint density at radius 1 is 1.35 bits per heavy atom. The monoisotopic (exact) mass is 294 g/mol. The van der Waals surface area contributed by atoms with E-state index < -0.39 is 0 Å². The van der Waals surface area contributed by atoms with Crippen molar-refractivity contribution in [3.63, 3.8) is 0 Å². The zero-order chi connectivity index (χ0) is 14.5. The van der Waals surface area contributed by atoms with Gasteiger partial charge in [0.05, 0.1) is 0 Å². The normalized spacial score (nSPS) is 24.2. The molecule has 0 aromatic heterocycles. The summed E-state index contributed by atoms with van der Waals surface area (Å²) in [6.07, 6.45) is 4.03. The SMILES string of the molecule is CCNC1CCCC1CN(C)C(C)c1ccccc1Cl. The standard InChI is InChI=1S/C17H27ClN2/c1-4-19-17-11-7-8-14(17)12-20(3)13(2)15-9-5-6-10-16(15)18/h5-6,9-10,13-14,17,19H,4,7-8,11-12H2,1-3H3. The summed E-state index contributed by atoms with van der Waals surface area (Å²) >= 11 is 6.32. The first kappa shape index (κ1) is 15.8. The number of nitrogens with zero attached hydrogens (tertiary/aromatic N) is 1. The van der Waals surface area contributed by atoms with E-state index in [9.17, 15) is 0 Å². The van der Waals surface area contributed by atoms with E-state index in [1.807, 2.05) is 12.1 Å². The summed E-state index contributed by atoms with van der Waals surface area (Å²) in [5.41, 5.74) is 1.23. The first-order valence-electron chi connectivity index (χ1n) is 7.81. The summed E-state index contributed by atoms with van der Waals surface area (Å²) < 4.78 is 0. The van der Waals surface area contributed by atoms with Gasteiger partial charge in [0.1, 0.15) is 0 Å². The first-order valence-corrected chi connectivity index (χ1v) is 8.19. The maximum atomic E-state index is 6.32. The molecule has 0 radical (unpaired) electrons. The van der Waals surface area contributed by atoms with Crippen LogP contribution in [-0.2, 0) is 0 Å². The van der Waals surface area contributed by atoms with E-state index in [1.165, 1.54) is 24.8 Å². The van der Waals surface area contributed by atoms with Crippen LogP contribution in [0.2, 0.25) is 5.02 Å². The van der Waals surface area contributed by atoms with E-state index in [4.69, 9.17) is 11.6 Å². The topological polar surface area (TPSA) is 15.3 Å². The van der Waals surface area contributed by atoms with Gasteiger partial charge in [0.2, 0.25) is 0 Å². The predicted molar refractivity (Wildman–Crippen MR) is 87.3 cm³/mol. The van der Waals surface area contributed by atoms with Crippen LogP contribution in [0.5, 0.6) is 0 Å². The molecule has 0 heterocycles. The molecule has 2 nitrogen and oxygen atoms in total. The van der Waals surface area contributed by atoms with Crippen molar-refractivity contribution in [1.29, 1.82) is 0 Å². The number of halogens is 1. The Morgan fingerprint density at radius 3 is 2.80 bits per heavy atom. The van der Waals surface area contributed by atoms with Gasteiger partial charge in [0.15, 0.2) is 0 Å². The average molecular weight is 295 g/mol. The Balaban J connectivity index is 1.97. The number of hydrogen-bond acceptors (Lipinski definition) is 2. The van der Waals surface area contributed by atoms with E-state index in [0.717, 1.165) is 24.0 Å². The molecular formula is C17H27ClN2. The molecule has 1 fully saturated rings. The predicted octanol–water partition coefficient (Wildman–Crippen LogP) is 4.11. The summed E-state index contributed by atoms with van der Waals surface area (Å²) in [6.45, 7) is 6.67. The summed E-state index contributed by atoms with van der Waals surface area (Å²) in [5, 5.41) is 4.51. The van der Waals surface area contributed by atoms with Gasteiger partial charge in [-0.3, -0.25) is 4.90 Å². The van der Waals surface area contributed by atoms with Crippen molar-refractivity contribution < 1.29 is 0 Å². The maximum Gasteiger partial charge on any atom is 0.0453 e. The maximum absolute atomic E-state index is 6.32. The second-order valence-corrected chi connectivity index (χ2v) is 6.40. The highest BCUT2D eigenvalue weighted by Gasteiger charge is 2.28. The third kappa shape index (κ3) is 3.75. The van der Waals surface area contributed by atoms with E-state index >= 15 is 0 Å². The lowest BCUT2D eigenvalue weighted by Crippen LogP contribution is -2.38. The van der Waals surface area contributed by atoms with E-state index in [1.54, 1.807) is 0 Å². The van der Waals surface area contributed by atoms with Crippen LogP contribution in [0.1, 0.15) is 44.7 Å². The summed E-state index contributed by atoms with van der Waals surface area (Å²) in [7, 11) is 2.22. The van der Waals surface area contributed by atoms with E-state index in [-0.39, 0.29) is 0 Å². The lowest BCUT2D eigenvalue weighted by atomic mass is 10.0. The van der Waals surface area contributed by atoms with Gasteiger partial charge < -0.3 is 5.32 Å². The number of benzene rings is 1. The van der Waals surface area contributed by atoms with Crippen molar-refractivity contribution >= 4 is 11.6 Å². The molecule has 1 aromatic rings. The highest BCUT2D eigenvalue weighted by molar-refractivity contribution is 6.31. The minimum Gasteiger partial charge on any atom is -0.314 e. The van der Waals surface area contributed by atoms with Crippen LogP contribution in [0.15, 0.2) is 24.3 Å². The van der Waals surface area contributed by atoms with Crippen LogP contribution < -0.4 is 5.32 Å². The molecule has 1 aliphatic rings. The van der Waals surface area contributed by atoms with Gasteiger partial charge in [-0.2, -0.15) is 0 Å². The molecule has 3 unspecified atom stereocenters. The highest BCUT2D eigenvalue weighted by atomic mass is 35.5. The third-order valence-electron chi connectivity index (χ3n) is 4.66. The Labute approximate surface area is 128 Å². The van der Waals surface area contributed by atoms with Crippen LogP contribution >= 0.6 is 11.6 Å². The Bertz CT molecular complexity index is 421. The molecule has 0 saturated heterocycles. The lowest BCUT2D eigenvalue weighted by Gasteiger charge is -2.31. The third-order valence-corrected chi connectivity index (χ3v) is 5.01. The van der Waals surface area contributed by atoms with Crippen molar-refractivity contribution in [1.82, 2.24) is 10.2 Å². The minimum absolute atomic E-state index is 0.367. The summed E-state index contributed by atoms with van der Waals surface area (Å²) in [6, 6.07) is 9.25. The van der Waals surface area contributed by atoms with Crippen molar-refractivity contribution in [2.75, 3.05) is 20.1 Å². The number of nitrogens with one attached hydrogen (secondary N) is 1. The van der Waals surface area contributed by atoms with Crippen molar-refractivity contribution in [2.24, 2.45) is 5.92 Å². The first-order chi connectivity index (χ1) is 9.63. The van der Waals surface area contributed by atoms with E-state index in [0.29, 0.717) is 12.1 Å². The van der Waals surface area contributed by atoms with Crippen LogP contribution in [0, 0.1) is 5.92 Å². The number of rotatable bonds is 6. The van der Waals surface area contributed by atoms with Crippen LogP contribution in [0.3, 0.4) is 0 Å². The molecule has 3 atom stereocenters. The molecule has 1 N–H and O–H groups in total. The van der Waals surface area contributed by atoms with Gasteiger partial charge in [-0.05, 0) is 50.9 Å². The smallest absolute Gasteiger partial charge is 0.0453 e. The second-order valence-electron chi connectivity index (χ2n) is 5.99. The van der Waals surface area contributed by atoms with Crippen LogP contribution in [0.25, 0.3) is 0 Å². The van der Waals surface area contributed by atoms with Crippen LogP contribution in [0.4, 0.5) is 0 Å². The Kier molecular flexibility index (Phi) is 5.88. The van der Waals surface area contributed by atoms with Gasteiger partial charge in [0.25, 0.3) is 0 Å². The fraction of sp³-hybridized carbons (Fsp3) is 0.647. The van der Waals surface area contributed by atoms with Gasteiger partial charge >= 0.3 is 0 Å². The second kappa shape index (κ2) is 7.44. The lowest BCUT2D eigenvalue weighted by molar-refractivity contribution is 0.204. The minimum atomic E-state index is 0.367. The average Bonchev–Trinajstić information content (AvgIpc) is 2.86. The summed E-state index contributed by atoms with van der Waals surface area (Å²) in [4.78, 5) is 2.45. The fourth-order valence-electron chi connectivity index (χ4n) is 3.37. The Hall–Kier alpha value is -0.570. The zero-order valence-electron chi connectivity index (χ0n) is 12.9. The largest absolute Gasteiger partial charge is 0.314 e. The summed E-state index contributed by atoms with van der Waals surface area (Å²) in [5.74, 6) is 0.768. The van der Waals surface area contributed by atoms with E-state index in [2.05, 4.69) is 43.2 Å². The molecule has 1 aliphatic carbocycles. The quantitative estimate of drug-likeness (QED) is 0.849.